The maximum absolute atomic E-state index is 6.06. The normalized spacial score (nSPS) is 14.2. The Hall–Kier alpha value is -3.05. The van der Waals surface area contributed by atoms with Crippen molar-refractivity contribution in [3.05, 3.63) is 71.4 Å². The van der Waals surface area contributed by atoms with Crippen LogP contribution in [0.4, 0.5) is 5.82 Å². The average Bonchev–Trinajstić information content (AvgIpc) is 3.21. The Morgan fingerprint density at radius 3 is 2.57 bits per heavy atom. The molecule has 0 bridgehead atoms. The molecule has 5 nitrogen and oxygen atoms in total. The van der Waals surface area contributed by atoms with Crippen molar-refractivity contribution in [2.75, 3.05) is 18.0 Å². The summed E-state index contributed by atoms with van der Waals surface area (Å²) in [6.45, 7) is 2.47. The molecule has 0 saturated carbocycles. The smallest absolute Gasteiger partial charge is 0.163 e. The molecule has 1 saturated heterocycles. The summed E-state index contributed by atoms with van der Waals surface area (Å²) in [5.74, 6) is 2.49. The molecule has 2 aromatic heterocycles. The number of fused-ring (bicyclic) bond motifs is 1. The maximum atomic E-state index is 6.06. The van der Waals surface area contributed by atoms with Crippen molar-refractivity contribution in [3.63, 3.8) is 0 Å². The summed E-state index contributed by atoms with van der Waals surface area (Å²) in [5.41, 5.74) is 2.82. The number of anilines is 1. The minimum atomic E-state index is 0.414. The van der Waals surface area contributed by atoms with E-state index < -0.39 is 0 Å². The number of nitrogens with zero attached hydrogens (tertiary/aromatic N) is 3. The molecule has 0 radical (unpaired) electrons. The first-order valence-corrected chi connectivity index (χ1v) is 10.7. The molecule has 0 unspecified atom stereocenters. The van der Waals surface area contributed by atoms with E-state index in [2.05, 4.69) is 16.0 Å². The second-order valence-corrected chi connectivity index (χ2v) is 8.02. The lowest BCUT2D eigenvalue weighted by Gasteiger charge is -2.28. The van der Waals surface area contributed by atoms with Gasteiger partial charge in [-0.2, -0.15) is 0 Å². The number of piperidine rings is 1. The molecule has 5 rings (SSSR count). The molecule has 4 aromatic rings. The number of hydrogen-bond donors (Lipinski definition) is 1. The van der Waals surface area contributed by atoms with Gasteiger partial charge in [-0.3, -0.25) is 0 Å². The van der Waals surface area contributed by atoms with Gasteiger partial charge >= 0.3 is 0 Å². The summed E-state index contributed by atoms with van der Waals surface area (Å²) < 4.78 is 5.93. The fourth-order valence-electron chi connectivity index (χ4n) is 3.91. The third-order valence-corrected chi connectivity index (χ3v) is 5.64. The van der Waals surface area contributed by atoms with E-state index in [0.29, 0.717) is 11.6 Å². The quantitative estimate of drug-likeness (QED) is 0.441. The summed E-state index contributed by atoms with van der Waals surface area (Å²) in [7, 11) is 0. The molecular weight excluding hydrogens is 396 g/mol. The van der Waals surface area contributed by atoms with Crippen molar-refractivity contribution in [3.8, 4) is 17.1 Å². The number of ether oxygens (including phenoxy) is 1. The highest BCUT2D eigenvalue weighted by molar-refractivity contribution is 6.30. The van der Waals surface area contributed by atoms with Crippen LogP contribution in [-0.2, 0) is 6.61 Å². The van der Waals surface area contributed by atoms with Crippen molar-refractivity contribution in [2.45, 2.75) is 25.9 Å². The third kappa shape index (κ3) is 3.98. The molecule has 0 amide bonds. The third-order valence-electron chi connectivity index (χ3n) is 5.40. The summed E-state index contributed by atoms with van der Waals surface area (Å²) in [6, 6.07) is 19.7. The lowest BCUT2D eigenvalue weighted by molar-refractivity contribution is 0.302. The second-order valence-electron chi connectivity index (χ2n) is 7.59. The van der Waals surface area contributed by atoms with Crippen LogP contribution in [0.1, 0.15) is 25.0 Å². The zero-order valence-electron chi connectivity index (χ0n) is 16.6. The fourth-order valence-corrected chi connectivity index (χ4v) is 4.09. The Balaban J connectivity index is 1.51. The molecule has 0 spiro atoms. The Labute approximate surface area is 180 Å². The van der Waals surface area contributed by atoms with Crippen LogP contribution in [0.2, 0.25) is 5.02 Å². The largest absolute Gasteiger partial charge is 0.487 e. The van der Waals surface area contributed by atoms with Gasteiger partial charge in [0.1, 0.15) is 23.8 Å². The fraction of sp³-hybridized carbons (Fsp3) is 0.250. The van der Waals surface area contributed by atoms with E-state index in [4.69, 9.17) is 26.3 Å². The highest BCUT2D eigenvalue weighted by atomic mass is 35.5. The van der Waals surface area contributed by atoms with Crippen molar-refractivity contribution < 1.29 is 4.74 Å². The van der Waals surface area contributed by atoms with E-state index >= 15 is 0 Å². The van der Waals surface area contributed by atoms with Gasteiger partial charge in [0.25, 0.3) is 0 Å². The van der Waals surface area contributed by atoms with Gasteiger partial charge in [0.15, 0.2) is 5.82 Å². The predicted octanol–water partition coefficient (Wildman–Crippen LogP) is 5.85. The van der Waals surface area contributed by atoms with E-state index in [1.165, 1.54) is 19.3 Å². The van der Waals surface area contributed by atoms with Crippen LogP contribution in [0.25, 0.3) is 22.4 Å². The molecule has 0 atom stereocenters. The Kier molecular flexibility index (Phi) is 5.28. The molecule has 0 aliphatic carbocycles. The molecular formula is C24H23ClN4O. The highest BCUT2D eigenvalue weighted by Gasteiger charge is 2.19. The van der Waals surface area contributed by atoms with Gasteiger partial charge in [-0.15, -0.1) is 0 Å². The average molecular weight is 419 g/mol. The Bertz CT molecular complexity index is 1150. The second kappa shape index (κ2) is 8.36. The van der Waals surface area contributed by atoms with Crippen LogP contribution >= 0.6 is 11.6 Å². The lowest BCUT2D eigenvalue weighted by Crippen LogP contribution is -2.30. The SMILES string of the molecule is Clc1cccc(OCc2cc3c(N4CCCCC4)nc(-c4ccccc4)nc3[nH]2)c1. The first-order chi connectivity index (χ1) is 14.8. The Morgan fingerprint density at radius 2 is 1.77 bits per heavy atom. The standard InChI is InChI=1S/C24H23ClN4O/c25-18-10-7-11-20(14-18)30-16-19-15-21-23(26-19)27-22(17-8-3-1-4-9-17)28-24(21)29-12-5-2-6-13-29/h1,3-4,7-11,14-15H,2,5-6,12-13,16H2,(H,26,27,28). The Morgan fingerprint density at radius 1 is 0.933 bits per heavy atom. The summed E-state index contributed by atoms with van der Waals surface area (Å²) in [5, 5.41) is 1.70. The van der Waals surface area contributed by atoms with Crippen LogP contribution in [0.15, 0.2) is 60.7 Å². The number of aromatic nitrogens is 3. The first kappa shape index (κ1) is 18.9. The van der Waals surface area contributed by atoms with Crippen LogP contribution in [0.5, 0.6) is 5.75 Å². The molecule has 1 aliphatic rings. The van der Waals surface area contributed by atoms with Gasteiger partial charge in [0.05, 0.1) is 11.1 Å². The molecule has 1 fully saturated rings. The van der Waals surface area contributed by atoms with Gasteiger partial charge < -0.3 is 14.6 Å². The van der Waals surface area contributed by atoms with Gasteiger partial charge in [-0.1, -0.05) is 48.0 Å². The first-order valence-electron chi connectivity index (χ1n) is 10.3. The molecule has 1 aliphatic heterocycles. The van der Waals surface area contributed by atoms with Crippen LogP contribution in [0, 0.1) is 0 Å². The van der Waals surface area contributed by atoms with E-state index in [-0.39, 0.29) is 0 Å². The number of halogens is 1. The maximum Gasteiger partial charge on any atom is 0.163 e. The number of aromatic amines is 1. The van der Waals surface area contributed by atoms with Crippen molar-refractivity contribution in [2.24, 2.45) is 0 Å². The van der Waals surface area contributed by atoms with Gasteiger partial charge in [-0.25, -0.2) is 9.97 Å². The van der Waals surface area contributed by atoms with Gasteiger partial charge in [-0.05, 0) is 43.5 Å². The summed E-state index contributed by atoms with van der Waals surface area (Å²) in [4.78, 5) is 15.6. The number of benzene rings is 2. The number of rotatable bonds is 5. The zero-order chi connectivity index (χ0) is 20.3. The molecule has 1 N–H and O–H groups in total. The summed E-state index contributed by atoms with van der Waals surface area (Å²) in [6.07, 6.45) is 3.67. The summed E-state index contributed by atoms with van der Waals surface area (Å²) >= 11 is 6.06. The van der Waals surface area contributed by atoms with E-state index in [9.17, 15) is 0 Å². The lowest BCUT2D eigenvalue weighted by atomic mass is 10.1. The molecule has 3 heterocycles. The van der Waals surface area contributed by atoms with Crippen LogP contribution < -0.4 is 9.64 Å². The molecule has 30 heavy (non-hydrogen) atoms. The van der Waals surface area contributed by atoms with Crippen molar-refractivity contribution in [1.82, 2.24) is 15.0 Å². The monoisotopic (exact) mass is 418 g/mol. The topological polar surface area (TPSA) is 54.0 Å². The van der Waals surface area contributed by atoms with Crippen LogP contribution in [0.3, 0.4) is 0 Å². The van der Waals surface area contributed by atoms with Gasteiger partial charge in [0.2, 0.25) is 0 Å². The minimum absolute atomic E-state index is 0.414. The minimum Gasteiger partial charge on any atom is -0.487 e. The highest BCUT2D eigenvalue weighted by Crippen LogP contribution is 2.30. The predicted molar refractivity (Wildman–Crippen MR) is 121 cm³/mol. The van der Waals surface area contributed by atoms with E-state index in [1.807, 2.05) is 54.6 Å². The molecule has 2 aromatic carbocycles. The van der Waals surface area contributed by atoms with E-state index in [0.717, 1.165) is 52.8 Å². The zero-order valence-corrected chi connectivity index (χ0v) is 17.4. The van der Waals surface area contributed by atoms with Crippen molar-refractivity contribution >= 4 is 28.5 Å². The van der Waals surface area contributed by atoms with Gasteiger partial charge in [0, 0.05) is 23.7 Å². The molecule has 6 heteroatoms. The van der Waals surface area contributed by atoms with Crippen LogP contribution in [-0.4, -0.2) is 28.0 Å². The van der Waals surface area contributed by atoms with E-state index in [1.54, 1.807) is 0 Å². The number of H-pyrrole nitrogens is 1. The molecule has 152 valence electrons. The van der Waals surface area contributed by atoms with Crippen molar-refractivity contribution in [1.29, 1.82) is 0 Å². The number of nitrogens with one attached hydrogen (secondary N) is 1. The number of hydrogen-bond acceptors (Lipinski definition) is 4.